The van der Waals surface area contributed by atoms with Gasteiger partial charge in [0.05, 0.1) is 13.7 Å². The Bertz CT molecular complexity index is 350. The van der Waals surface area contributed by atoms with Crippen molar-refractivity contribution in [3.05, 3.63) is 36.4 Å². The number of benzene rings is 1. The highest BCUT2D eigenvalue weighted by Crippen LogP contribution is 2.30. The monoisotopic (exact) mass is 221 g/mol. The Morgan fingerprint density at radius 3 is 2.75 bits per heavy atom. The maximum absolute atomic E-state index is 5.99. The third kappa shape index (κ3) is 3.00. The number of hydrogen-bond acceptors (Lipinski definition) is 3. The highest BCUT2D eigenvalue weighted by atomic mass is 16.5. The summed E-state index contributed by atoms with van der Waals surface area (Å²) in [5, 5.41) is 0. The Hall–Kier alpha value is -1.48. The molecular weight excluding hydrogens is 202 g/mol. The van der Waals surface area contributed by atoms with E-state index >= 15 is 0 Å². The lowest BCUT2D eigenvalue weighted by Crippen LogP contribution is -2.09. The molecule has 1 aromatic rings. The van der Waals surface area contributed by atoms with Crippen LogP contribution in [-0.4, -0.2) is 13.7 Å². The summed E-state index contributed by atoms with van der Waals surface area (Å²) >= 11 is 0. The normalized spacial score (nSPS) is 11.9. The Balaban J connectivity index is 2.93. The Morgan fingerprint density at radius 2 is 2.19 bits per heavy atom. The first-order valence-electron chi connectivity index (χ1n) is 5.40. The van der Waals surface area contributed by atoms with Crippen LogP contribution >= 0.6 is 0 Å². The average molecular weight is 221 g/mol. The van der Waals surface area contributed by atoms with Crippen LogP contribution in [-0.2, 0) is 0 Å². The average Bonchev–Trinajstić information content (AvgIpc) is 2.30. The van der Waals surface area contributed by atoms with Gasteiger partial charge in [-0.1, -0.05) is 12.1 Å². The summed E-state index contributed by atoms with van der Waals surface area (Å²) in [6.07, 6.45) is 2.56. The van der Waals surface area contributed by atoms with E-state index in [9.17, 15) is 0 Å². The number of ether oxygens (including phenoxy) is 2. The van der Waals surface area contributed by atoms with E-state index in [4.69, 9.17) is 15.2 Å². The second-order valence-corrected chi connectivity index (χ2v) is 3.47. The summed E-state index contributed by atoms with van der Waals surface area (Å²) in [4.78, 5) is 0. The van der Waals surface area contributed by atoms with Gasteiger partial charge in [0.25, 0.3) is 0 Å². The molecule has 0 aliphatic heterocycles. The van der Waals surface area contributed by atoms with Crippen molar-refractivity contribution in [1.82, 2.24) is 0 Å². The molecule has 0 amide bonds. The highest BCUT2D eigenvalue weighted by molar-refractivity contribution is 5.43. The van der Waals surface area contributed by atoms with Crippen LogP contribution < -0.4 is 15.2 Å². The maximum atomic E-state index is 5.99. The van der Waals surface area contributed by atoms with Crippen molar-refractivity contribution in [3.8, 4) is 11.5 Å². The molecule has 0 heterocycles. The van der Waals surface area contributed by atoms with Crippen molar-refractivity contribution < 1.29 is 9.47 Å². The Labute approximate surface area is 96.9 Å². The molecule has 0 fully saturated rings. The standard InChI is InChI=1S/C13H19NO2/c1-4-6-11(14)10-7-8-12(16-5-2)13(9-10)15-3/h4,7-9,11H,1,5-6,14H2,2-3H3/t11-/m0/s1. The van der Waals surface area contributed by atoms with E-state index in [0.29, 0.717) is 6.61 Å². The van der Waals surface area contributed by atoms with Gasteiger partial charge in [0.15, 0.2) is 11.5 Å². The quantitative estimate of drug-likeness (QED) is 0.751. The predicted molar refractivity (Wildman–Crippen MR) is 65.9 cm³/mol. The van der Waals surface area contributed by atoms with E-state index in [-0.39, 0.29) is 6.04 Å². The number of nitrogens with two attached hydrogens (primary N) is 1. The second kappa shape index (κ2) is 6.18. The molecule has 1 aromatic carbocycles. The van der Waals surface area contributed by atoms with Crippen LogP contribution in [0.5, 0.6) is 11.5 Å². The molecule has 2 N–H and O–H groups in total. The fraction of sp³-hybridized carbons (Fsp3) is 0.385. The molecule has 0 spiro atoms. The van der Waals surface area contributed by atoms with Gasteiger partial charge in [-0.05, 0) is 31.0 Å². The molecule has 0 aliphatic rings. The van der Waals surface area contributed by atoms with Gasteiger partial charge in [0, 0.05) is 6.04 Å². The SMILES string of the molecule is C=CC[C@H](N)c1ccc(OCC)c(OC)c1. The van der Waals surface area contributed by atoms with Crippen molar-refractivity contribution in [2.24, 2.45) is 5.73 Å². The molecular formula is C13H19NO2. The highest BCUT2D eigenvalue weighted by Gasteiger charge is 2.09. The number of rotatable bonds is 6. The van der Waals surface area contributed by atoms with Crippen LogP contribution in [0.2, 0.25) is 0 Å². The van der Waals surface area contributed by atoms with Gasteiger partial charge >= 0.3 is 0 Å². The summed E-state index contributed by atoms with van der Waals surface area (Å²) in [5.74, 6) is 1.47. The summed E-state index contributed by atoms with van der Waals surface area (Å²) in [7, 11) is 1.63. The molecule has 0 radical (unpaired) electrons. The fourth-order valence-corrected chi connectivity index (χ4v) is 1.51. The predicted octanol–water partition coefficient (Wildman–Crippen LogP) is 2.67. The Morgan fingerprint density at radius 1 is 1.44 bits per heavy atom. The zero-order valence-corrected chi connectivity index (χ0v) is 9.90. The number of methoxy groups -OCH3 is 1. The first kappa shape index (κ1) is 12.6. The van der Waals surface area contributed by atoms with Gasteiger partial charge in [0.1, 0.15) is 0 Å². The van der Waals surface area contributed by atoms with Crippen molar-refractivity contribution in [3.63, 3.8) is 0 Å². The molecule has 1 rings (SSSR count). The van der Waals surface area contributed by atoms with Crippen LogP contribution in [0.3, 0.4) is 0 Å². The van der Waals surface area contributed by atoms with Gasteiger partial charge in [0.2, 0.25) is 0 Å². The number of hydrogen-bond donors (Lipinski definition) is 1. The molecule has 88 valence electrons. The molecule has 0 aliphatic carbocycles. The molecule has 3 heteroatoms. The lowest BCUT2D eigenvalue weighted by molar-refractivity contribution is 0.310. The van der Waals surface area contributed by atoms with Gasteiger partial charge in [-0.15, -0.1) is 6.58 Å². The van der Waals surface area contributed by atoms with E-state index in [0.717, 1.165) is 23.5 Å². The molecule has 0 saturated carbocycles. The third-order valence-electron chi connectivity index (χ3n) is 2.34. The van der Waals surface area contributed by atoms with Gasteiger partial charge in [-0.2, -0.15) is 0 Å². The van der Waals surface area contributed by atoms with E-state index in [1.54, 1.807) is 7.11 Å². The van der Waals surface area contributed by atoms with Crippen molar-refractivity contribution >= 4 is 0 Å². The summed E-state index contributed by atoms with van der Waals surface area (Å²) in [5.41, 5.74) is 7.01. The van der Waals surface area contributed by atoms with E-state index < -0.39 is 0 Å². The van der Waals surface area contributed by atoms with Crippen molar-refractivity contribution in [2.75, 3.05) is 13.7 Å². The largest absolute Gasteiger partial charge is 0.493 e. The minimum absolute atomic E-state index is 0.0397. The lowest BCUT2D eigenvalue weighted by atomic mass is 10.0. The summed E-state index contributed by atoms with van der Waals surface area (Å²) in [6.45, 7) is 6.24. The Kier molecular flexibility index (Phi) is 4.86. The van der Waals surface area contributed by atoms with Gasteiger partial charge in [-0.25, -0.2) is 0 Å². The molecule has 3 nitrogen and oxygen atoms in total. The van der Waals surface area contributed by atoms with E-state index in [1.807, 2.05) is 31.2 Å². The van der Waals surface area contributed by atoms with Crippen LogP contribution in [0.1, 0.15) is 24.9 Å². The molecule has 1 atom stereocenters. The lowest BCUT2D eigenvalue weighted by Gasteiger charge is -2.14. The minimum Gasteiger partial charge on any atom is -0.493 e. The zero-order chi connectivity index (χ0) is 12.0. The third-order valence-corrected chi connectivity index (χ3v) is 2.34. The van der Waals surface area contributed by atoms with Crippen LogP contribution in [0.25, 0.3) is 0 Å². The molecule has 0 bridgehead atoms. The molecule has 0 saturated heterocycles. The topological polar surface area (TPSA) is 44.5 Å². The van der Waals surface area contributed by atoms with E-state index in [1.165, 1.54) is 0 Å². The summed E-state index contributed by atoms with van der Waals surface area (Å²) < 4.78 is 10.7. The van der Waals surface area contributed by atoms with Crippen LogP contribution in [0.15, 0.2) is 30.9 Å². The maximum Gasteiger partial charge on any atom is 0.161 e. The van der Waals surface area contributed by atoms with E-state index in [2.05, 4.69) is 6.58 Å². The van der Waals surface area contributed by atoms with Crippen molar-refractivity contribution in [2.45, 2.75) is 19.4 Å². The molecule has 16 heavy (non-hydrogen) atoms. The zero-order valence-electron chi connectivity index (χ0n) is 9.90. The first-order valence-corrected chi connectivity index (χ1v) is 5.40. The smallest absolute Gasteiger partial charge is 0.161 e. The van der Waals surface area contributed by atoms with Gasteiger partial charge < -0.3 is 15.2 Å². The van der Waals surface area contributed by atoms with Crippen molar-refractivity contribution in [1.29, 1.82) is 0 Å². The summed E-state index contributed by atoms with van der Waals surface area (Å²) in [6, 6.07) is 5.73. The van der Waals surface area contributed by atoms with Crippen LogP contribution in [0, 0.1) is 0 Å². The second-order valence-electron chi connectivity index (χ2n) is 3.47. The fourth-order valence-electron chi connectivity index (χ4n) is 1.51. The van der Waals surface area contributed by atoms with Crippen LogP contribution in [0.4, 0.5) is 0 Å². The van der Waals surface area contributed by atoms with Gasteiger partial charge in [-0.3, -0.25) is 0 Å². The first-order chi connectivity index (χ1) is 7.72. The minimum atomic E-state index is -0.0397. The molecule has 0 unspecified atom stereocenters. The molecule has 0 aromatic heterocycles.